The van der Waals surface area contributed by atoms with E-state index in [9.17, 15) is 9.59 Å². The van der Waals surface area contributed by atoms with Gasteiger partial charge in [-0.25, -0.2) is 0 Å². The first-order chi connectivity index (χ1) is 11.0. The van der Waals surface area contributed by atoms with Crippen LogP contribution in [0.4, 0.5) is 0 Å². The minimum atomic E-state index is -0.243. The Kier molecular flexibility index (Phi) is 3.66. The van der Waals surface area contributed by atoms with Gasteiger partial charge in [0, 0.05) is 19.3 Å². The number of esters is 1. The number of fused-ring (bicyclic) bond motifs is 5. The predicted octanol–water partition coefficient (Wildman–Crippen LogP) is 4.06. The van der Waals surface area contributed by atoms with E-state index >= 15 is 0 Å². The van der Waals surface area contributed by atoms with E-state index in [-0.39, 0.29) is 17.9 Å². The van der Waals surface area contributed by atoms with E-state index in [0.29, 0.717) is 23.7 Å². The number of hydrogen-bond acceptors (Lipinski definition) is 3. The topological polar surface area (TPSA) is 43.4 Å². The van der Waals surface area contributed by atoms with Crippen molar-refractivity contribution < 1.29 is 14.3 Å². The van der Waals surface area contributed by atoms with Crippen molar-refractivity contribution >= 4 is 11.8 Å². The first-order valence-corrected chi connectivity index (χ1v) is 9.38. The summed E-state index contributed by atoms with van der Waals surface area (Å²) in [6.45, 7) is 3.97. The smallest absolute Gasteiger partial charge is 0.302 e. The molecule has 0 amide bonds. The van der Waals surface area contributed by atoms with Gasteiger partial charge >= 0.3 is 5.97 Å². The third kappa shape index (κ3) is 2.47. The van der Waals surface area contributed by atoms with E-state index in [1.165, 1.54) is 51.0 Å². The highest BCUT2D eigenvalue weighted by molar-refractivity contribution is 5.92. The first-order valence-electron chi connectivity index (χ1n) is 9.38. The molecule has 4 aliphatic rings. The highest BCUT2D eigenvalue weighted by Crippen LogP contribution is 2.61. The van der Waals surface area contributed by atoms with Crippen molar-refractivity contribution in [1.82, 2.24) is 0 Å². The molecule has 0 radical (unpaired) electrons. The van der Waals surface area contributed by atoms with E-state index < -0.39 is 0 Å². The van der Waals surface area contributed by atoms with Gasteiger partial charge < -0.3 is 4.74 Å². The van der Waals surface area contributed by atoms with Gasteiger partial charge in [0.15, 0.2) is 5.78 Å². The molecule has 0 N–H and O–H groups in total. The molecule has 0 aromatic carbocycles. The van der Waals surface area contributed by atoms with Gasteiger partial charge in [-0.3, -0.25) is 9.59 Å². The summed E-state index contributed by atoms with van der Waals surface area (Å²) < 4.78 is 5.62. The van der Waals surface area contributed by atoms with Crippen LogP contribution >= 0.6 is 0 Å². The maximum absolute atomic E-state index is 12.0. The molecule has 0 aromatic rings. The predicted molar refractivity (Wildman–Crippen MR) is 87.6 cm³/mol. The van der Waals surface area contributed by atoms with Crippen LogP contribution < -0.4 is 0 Å². The van der Waals surface area contributed by atoms with Crippen LogP contribution in [0.5, 0.6) is 0 Å². The Labute approximate surface area is 138 Å². The van der Waals surface area contributed by atoms with E-state index in [1.54, 1.807) is 0 Å². The summed E-state index contributed by atoms with van der Waals surface area (Å²) in [5.41, 5.74) is 1.82. The lowest BCUT2D eigenvalue weighted by atomic mass is 9.52. The van der Waals surface area contributed by atoms with Crippen LogP contribution in [0, 0.1) is 29.1 Å². The standard InChI is InChI=1S/C20H28O3/c1-12(21)23-18-11-14(22)10-13-5-6-15-16(19(13)18)7-9-20(2)8-3-4-17(15)20/h10,15-19H,3-9,11H2,1-2H3/t15-,16+,17+,18?,19+,20+/m1/s1. The van der Waals surface area contributed by atoms with Crippen molar-refractivity contribution in [3.63, 3.8) is 0 Å². The zero-order valence-electron chi connectivity index (χ0n) is 14.3. The Morgan fingerprint density at radius 2 is 2.04 bits per heavy atom. The second-order valence-electron chi connectivity index (χ2n) is 8.62. The van der Waals surface area contributed by atoms with E-state index in [2.05, 4.69) is 6.92 Å². The van der Waals surface area contributed by atoms with Gasteiger partial charge in [0.05, 0.1) is 0 Å². The monoisotopic (exact) mass is 316 g/mol. The third-order valence-electron chi connectivity index (χ3n) is 7.40. The normalized spacial score (nSPS) is 45.6. The summed E-state index contributed by atoms with van der Waals surface area (Å²) in [5, 5.41) is 0. The van der Waals surface area contributed by atoms with Gasteiger partial charge in [-0.15, -0.1) is 0 Å². The van der Waals surface area contributed by atoms with E-state index in [0.717, 1.165) is 18.3 Å². The van der Waals surface area contributed by atoms with Crippen LogP contribution in [-0.4, -0.2) is 17.9 Å². The first kappa shape index (κ1) is 15.4. The molecule has 126 valence electrons. The molecule has 3 fully saturated rings. The maximum Gasteiger partial charge on any atom is 0.302 e. The minimum absolute atomic E-state index is 0.141. The van der Waals surface area contributed by atoms with Crippen LogP contribution in [0.25, 0.3) is 0 Å². The average molecular weight is 316 g/mol. The zero-order chi connectivity index (χ0) is 16.2. The third-order valence-corrected chi connectivity index (χ3v) is 7.40. The fourth-order valence-electron chi connectivity index (χ4n) is 6.55. The lowest BCUT2D eigenvalue weighted by molar-refractivity contribution is -0.154. The van der Waals surface area contributed by atoms with Crippen LogP contribution in [0.3, 0.4) is 0 Å². The van der Waals surface area contributed by atoms with E-state index in [4.69, 9.17) is 4.74 Å². The molecule has 3 heteroatoms. The molecular formula is C20H28O3. The highest BCUT2D eigenvalue weighted by Gasteiger charge is 2.54. The quantitative estimate of drug-likeness (QED) is 0.685. The Bertz CT molecular complexity index is 563. The largest absolute Gasteiger partial charge is 0.461 e. The molecule has 1 unspecified atom stereocenters. The fourth-order valence-corrected chi connectivity index (χ4v) is 6.55. The van der Waals surface area contributed by atoms with Crippen molar-refractivity contribution in [3.05, 3.63) is 11.6 Å². The second-order valence-corrected chi connectivity index (χ2v) is 8.62. The molecule has 0 aliphatic heterocycles. The molecule has 0 bridgehead atoms. The Morgan fingerprint density at radius 1 is 1.22 bits per heavy atom. The molecule has 6 atom stereocenters. The van der Waals surface area contributed by atoms with Crippen molar-refractivity contribution in [2.24, 2.45) is 29.1 Å². The lowest BCUT2D eigenvalue weighted by Crippen LogP contribution is -2.49. The van der Waals surface area contributed by atoms with Crippen LogP contribution in [0.2, 0.25) is 0 Å². The molecule has 0 saturated heterocycles. The molecule has 4 rings (SSSR count). The lowest BCUT2D eigenvalue weighted by Gasteiger charge is -2.53. The van der Waals surface area contributed by atoms with Gasteiger partial charge in [-0.05, 0) is 67.8 Å². The highest BCUT2D eigenvalue weighted by atomic mass is 16.5. The number of ether oxygens (including phenoxy) is 1. The van der Waals surface area contributed by atoms with Crippen LogP contribution in [0.1, 0.15) is 65.2 Å². The van der Waals surface area contributed by atoms with Crippen molar-refractivity contribution in [1.29, 1.82) is 0 Å². The fraction of sp³-hybridized carbons (Fsp3) is 0.800. The Morgan fingerprint density at radius 3 is 2.83 bits per heavy atom. The molecular weight excluding hydrogens is 288 g/mol. The zero-order valence-corrected chi connectivity index (χ0v) is 14.3. The number of carbonyl (C=O) groups excluding carboxylic acids is 2. The van der Waals surface area contributed by atoms with Gasteiger partial charge in [-0.1, -0.05) is 18.9 Å². The molecule has 0 aromatic heterocycles. The summed E-state index contributed by atoms with van der Waals surface area (Å²) in [6.07, 6.45) is 11.0. The molecule has 0 heterocycles. The summed E-state index contributed by atoms with van der Waals surface area (Å²) >= 11 is 0. The van der Waals surface area contributed by atoms with E-state index in [1.807, 2.05) is 6.08 Å². The molecule has 23 heavy (non-hydrogen) atoms. The Balaban J connectivity index is 1.65. The second kappa shape index (κ2) is 5.46. The summed E-state index contributed by atoms with van der Waals surface area (Å²) in [6, 6.07) is 0. The van der Waals surface area contributed by atoms with Gasteiger partial charge in [0.25, 0.3) is 0 Å². The summed E-state index contributed by atoms with van der Waals surface area (Å²) in [7, 11) is 0. The van der Waals surface area contributed by atoms with Crippen LogP contribution in [0.15, 0.2) is 11.6 Å². The van der Waals surface area contributed by atoms with Crippen molar-refractivity contribution in [2.45, 2.75) is 71.3 Å². The maximum atomic E-state index is 12.0. The van der Waals surface area contributed by atoms with Gasteiger partial charge in [0.2, 0.25) is 0 Å². The molecule has 0 spiro atoms. The number of rotatable bonds is 1. The number of carbonyl (C=O) groups is 2. The summed E-state index contributed by atoms with van der Waals surface area (Å²) in [5.74, 6) is 2.43. The van der Waals surface area contributed by atoms with Crippen molar-refractivity contribution in [3.8, 4) is 0 Å². The molecule has 3 saturated carbocycles. The van der Waals surface area contributed by atoms with Crippen molar-refractivity contribution in [2.75, 3.05) is 0 Å². The summed E-state index contributed by atoms with van der Waals surface area (Å²) in [4.78, 5) is 23.6. The average Bonchev–Trinajstić information content (AvgIpc) is 2.87. The van der Waals surface area contributed by atoms with Gasteiger partial charge in [-0.2, -0.15) is 0 Å². The van der Waals surface area contributed by atoms with Crippen LogP contribution in [-0.2, 0) is 14.3 Å². The number of hydrogen-bond donors (Lipinski definition) is 0. The SMILES string of the molecule is CC(=O)OC1CC(=O)C=C2CC[C@@H]3[C@H](CC[C@]4(C)CCC[C@@H]34)[C@H]21. The minimum Gasteiger partial charge on any atom is -0.461 e. The van der Waals surface area contributed by atoms with Gasteiger partial charge in [0.1, 0.15) is 6.10 Å². The Hall–Kier alpha value is -1.12. The molecule has 4 aliphatic carbocycles. The number of ketones is 1. The molecule has 3 nitrogen and oxygen atoms in total.